The Balaban J connectivity index is 1.68. The van der Waals surface area contributed by atoms with E-state index >= 15 is 0 Å². The Bertz CT molecular complexity index is 595. The van der Waals surface area contributed by atoms with Gasteiger partial charge in [-0.05, 0) is 24.0 Å². The van der Waals surface area contributed by atoms with Crippen LogP contribution in [0.3, 0.4) is 0 Å². The maximum atomic E-state index is 11.7. The summed E-state index contributed by atoms with van der Waals surface area (Å²) in [5.41, 5.74) is 7.07. The molecule has 0 saturated carbocycles. The molecule has 0 radical (unpaired) electrons. The van der Waals surface area contributed by atoms with Crippen LogP contribution in [-0.4, -0.2) is 24.1 Å². The van der Waals surface area contributed by atoms with Crippen molar-refractivity contribution >= 4 is 17.7 Å². The fourth-order valence-corrected chi connectivity index (χ4v) is 2.59. The largest absolute Gasteiger partial charge is 0.454 e. The van der Waals surface area contributed by atoms with Crippen LogP contribution < -0.4 is 31.0 Å². The molecule has 1 atom stereocenters. The number of hydrogen-bond donors (Lipinski definition) is 4. The second-order valence-electron chi connectivity index (χ2n) is 4.61. The molecule has 7 nitrogen and oxygen atoms in total. The Hall–Kier alpha value is -1.90. The number of benzene rings is 1. The molecule has 0 bridgehead atoms. The second-order valence-corrected chi connectivity index (χ2v) is 5.63. The van der Waals surface area contributed by atoms with Crippen LogP contribution >= 0.6 is 11.8 Å². The lowest BCUT2D eigenvalue weighted by molar-refractivity contribution is -0.121. The monoisotopic (exact) mass is 308 g/mol. The number of hydrogen-bond acceptors (Lipinski definition) is 7. The highest BCUT2D eigenvalue weighted by Gasteiger charge is 2.35. The van der Waals surface area contributed by atoms with Crippen molar-refractivity contribution < 1.29 is 14.3 Å². The Morgan fingerprint density at radius 2 is 2.24 bits per heavy atom. The zero-order valence-corrected chi connectivity index (χ0v) is 12.3. The van der Waals surface area contributed by atoms with Gasteiger partial charge < -0.3 is 20.2 Å². The number of hydrazine groups is 1. The summed E-state index contributed by atoms with van der Waals surface area (Å²) in [6, 6.07) is 5.74. The number of carbonyl (C=O) groups excluding carboxylic acids is 1. The molecule has 112 valence electrons. The van der Waals surface area contributed by atoms with E-state index in [0.717, 1.165) is 17.1 Å². The molecule has 2 heterocycles. The lowest BCUT2D eigenvalue weighted by Gasteiger charge is -2.39. The van der Waals surface area contributed by atoms with Crippen molar-refractivity contribution in [1.82, 2.24) is 21.5 Å². The Labute approximate surface area is 126 Å². The van der Waals surface area contributed by atoms with Crippen LogP contribution in [0.15, 0.2) is 30.5 Å². The molecule has 1 saturated heterocycles. The number of thioether (sulfide) groups is 1. The Morgan fingerprint density at radius 1 is 1.43 bits per heavy atom. The summed E-state index contributed by atoms with van der Waals surface area (Å²) in [7, 11) is 0. The van der Waals surface area contributed by atoms with Crippen LogP contribution in [0.4, 0.5) is 0 Å². The van der Waals surface area contributed by atoms with Crippen molar-refractivity contribution in [3.05, 3.63) is 36.0 Å². The number of carbonyl (C=O) groups is 1. The van der Waals surface area contributed by atoms with Gasteiger partial charge in [-0.2, -0.15) is 5.43 Å². The van der Waals surface area contributed by atoms with Crippen LogP contribution in [0.2, 0.25) is 0 Å². The number of amides is 1. The fourth-order valence-electron chi connectivity index (χ4n) is 2.03. The minimum Gasteiger partial charge on any atom is -0.454 e. The van der Waals surface area contributed by atoms with Crippen molar-refractivity contribution in [1.29, 1.82) is 0 Å². The second kappa shape index (κ2) is 5.47. The summed E-state index contributed by atoms with van der Waals surface area (Å²) < 4.78 is 10.6. The molecule has 4 N–H and O–H groups in total. The average molecular weight is 308 g/mol. The third-order valence-corrected chi connectivity index (χ3v) is 4.20. The van der Waals surface area contributed by atoms with E-state index in [0.29, 0.717) is 6.54 Å². The van der Waals surface area contributed by atoms with Gasteiger partial charge >= 0.3 is 0 Å². The van der Waals surface area contributed by atoms with Crippen molar-refractivity contribution in [3.8, 4) is 11.5 Å². The zero-order chi connectivity index (χ0) is 14.9. The van der Waals surface area contributed by atoms with E-state index < -0.39 is 5.12 Å². The lowest BCUT2D eigenvalue weighted by atomic mass is 10.2. The maximum Gasteiger partial charge on any atom is 0.271 e. The molecule has 0 unspecified atom stereocenters. The van der Waals surface area contributed by atoms with Crippen LogP contribution in [0.1, 0.15) is 5.56 Å². The molecule has 0 spiro atoms. The SMILES string of the molecule is C=C1NN[C@](NCc2ccc3c(c2)OCO3)(SC)NC1=O. The predicted octanol–water partition coefficient (Wildman–Crippen LogP) is 0.217. The summed E-state index contributed by atoms with van der Waals surface area (Å²) in [4.78, 5) is 11.7. The minimum absolute atomic E-state index is 0.249. The smallest absolute Gasteiger partial charge is 0.271 e. The Kier molecular flexibility index (Phi) is 3.66. The summed E-state index contributed by atoms with van der Waals surface area (Å²) in [5, 5.41) is 5.30. The van der Waals surface area contributed by atoms with E-state index in [9.17, 15) is 4.79 Å². The number of rotatable bonds is 4. The summed E-state index contributed by atoms with van der Waals surface area (Å²) >= 11 is 1.43. The molecule has 3 rings (SSSR count). The third-order valence-electron chi connectivity index (χ3n) is 3.24. The van der Waals surface area contributed by atoms with Gasteiger partial charge in [-0.25, -0.2) is 0 Å². The molecule has 0 aromatic heterocycles. The number of ether oxygens (including phenoxy) is 2. The fraction of sp³-hybridized carbons (Fsp3) is 0.308. The van der Waals surface area contributed by atoms with E-state index in [1.54, 1.807) is 0 Å². The van der Waals surface area contributed by atoms with Gasteiger partial charge in [0.2, 0.25) is 11.9 Å². The van der Waals surface area contributed by atoms with Gasteiger partial charge in [0.25, 0.3) is 5.91 Å². The molecule has 2 aliphatic heterocycles. The molecule has 2 aliphatic rings. The average Bonchev–Trinajstić information content (AvgIpc) is 2.96. The first-order valence-electron chi connectivity index (χ1n) is 6.35. The normalized spacial score (nSPS) is 23.7. The van der Waals surface area contributed by atoms with Crippen LogP contribution in [0.5, 0.6) is 11.5 Å². The van der Waals surface area contributed by atoms with Crippen LogP contribution in [0.25, 0.3) is 0 Å². The molecule has 1 amide bonds. The maximum absolute atomic E-state index is 11.7. The zero-order valence-electron chi connectivity index (χ0n) is 11.5. The number of fused-ring (bicyclic) bond motifs is 1. The molecular weight excluding hydrogens is 292 g/mol. The number of nitrogens with one attached hydrogen (secondary N) is 4. The van der Waals surface area contributed by atoms with Crippen molar-refractivity contribution in [2.75, 3.05) is 13.0 Å². The van der Waals surface area contributed by atoms with E-state index in [1.807, 2.05) is 24.5 Å². The van der Waals surface area contributed by atoms with E-state index in [2.05, 4.69) is 28.1 Å². The minimum atomic E-state index is -0.797. The molecule has 8 heteroatoms. The molecule has 0 aliphatic carbocycles. The highest BCUT2D eigenvalue weighted by Crippen LogP contribution is 2.32. The Morgan fingerprint density at radius 3 is 3.00 bits per heavy atom. The molecule has 21 heavy (non-hydrogen) atoms. The van der Waals surface area contributed by atoms with Crippen molar-refractivity contribution in [2.24, 2.45) is 0 Å². The van der Waals surface area contributed by atoms with Gasteiger partial charge in [-0.15, -0.1) is 11.8 Å². The first-order valence-corrected chi connectivity index (χ1v) is 7.58. The van der Waals surface area contributed by atoms with Gasteiger partial charge in [0.15, 0.2) is 11.5 Å². The first-order chi connectivity index (χ1) is 10.1. The summed E-state index contributed by atoms with van der Waals surface area (Å²) in [5.74, 6) is 1.24. The van der Waals surface area contributed by atoms with Gasteiger partial charge in [-0.3, -0.25) is 10.1 Å². The van der Waals surface area contributed by atoms with E-state index in [1.165, 1.54) is 11.8 Å². The molecule has 1 aromatic rings. The first kappa shape index (κ1) is 14.1. The van der Waals surface area contributed by atoms with Gasteiger partial charge in [-0.1, -0.05) is 12.6 Å². The molecule has 1 fully saturated rings. The molecular formula is C13H16N4O3S. The van der Waals surface area contributed by atoms with Crippen LogP contribution in [0, 0.1) is 0 Å². The molecule has 1 aromatic carbocycles. The van der Waals surface area contributed by atoms with Gasteiger partial charge in [0.05, 0.1) is 0 Å². The summed E-state index contributed by atoms with van der Waals surface area (Å²) in [6.07, 6.45) is 1.88. The standard InChI is InChI=1S/C13H16N4O3S/c1-8-12(18)15-13(21-2,17-16-8)14-6-9-3-4-10-11(5-9)20-7-19-10/h3-5,14,16-17H,1,6-7H2,2H3,(H,15,18)/t13-/m1/s1. The van der Waals surface area contributed by atoms with Gasteiger partial charge in [0, 0.05) is 6.54 Å². The van der Waals surface area contributed by atoms with E-state index in [-0.39, 0.29) is 18.4 Å². The topological polar surface area (TPSA) is 83.7 Å². The lowest BCUT2D eigenvalue weighted by Crippen LogP contribution is -2.72. The summed E-state index contributed by atoms with van der Waals surface area (Å²) in [6.45, 7) is 4.39. The van der Waals surface area contributed by atoms with E-state index in [4.69, 9.17) is 9.47 Å². The predicted molar refractivity (Wildman–Crippen MR) is 79.2 cm³/mol. The van der Waals surface area contributed by atoms with Crippen molar-refractivity contribution in [2.45, 2.75) is 11.7 Å². The quantitative estimate of drug-likeness (QED) is 0.468. The highest BCUT2D eigenvalue weighted by molar-refractivity contribution is 7.99. The highest BCUT2D eigenvalue weighted by atomic mass is 32.2. The third kappa shape index (κ3) is 2.78. The van der Waals surface area contributed by atoms with Gasteiger partial charge in [0.1, 0.15) is 5.70 Å². The van der Waals surface area contributed by atoms with Crippen LogP contribution in [-0.2, 0) is 11.3 Å². The van der Waals surface area contributed by atoms with Crippen molar-refractivity contribution in [3.63, 3.8) is 0 Å².